The predicted molar refractivity (Wildman–Crippen MR) is 423 cm³/mol. The summed E-state index contributed by atoms with van der Waals surface area (Å²) in [6, 6.07) is 43.8. The van der Waals surface area contributed by atoms with E-state index in [0.29, 0.717) is 41.7 Å². The molecule has 99 heavy (non-hydrogen) atoms. The molecule has 2 aliphatic rings. The molecule has 0 atom stereocenters. The molecule has 4 aromatic carbocycles. The first kappa shape index (κ1) is 82.0. The number of halogens is 4. The van der Waals surface area contributed by atoms with Gasteiger partial charge in [0.2, 0.25) is 0 Å². The van der Waals surface area contributed by atoms with Crippen molar-refractivity contribution in [2.24, 2.45) is 0 Å². The van der Waals surface area contributed by atoms with Crippen molar-refractivity contribution in [2.45, 2.75) is 157 Å². The maximum atomic E-state index is 11.5. The summed E-state index contributed by atoms with van der Waals surface area (Å²) in [4.78, 5) is 50.2. The van der Waals surface area contributed by atoms with Crippen LogP contribution in [0.3, 0.4) is 0 Å². The summed E-state index contributed by atoms with van der Waals surface area (Å²) < 4.78 is 37.2. The summed E-state index contributed by atoms with van der Waals surface area (Å²) in [5, 5.41) is 32.8. The Morgan fingerprint density at radius 1 is 0.505 bits per heavy atom. The van der Waals surface area contributed by atoms with Crippen molar-refractivity contribution < 1.29 is 33.4 Å². The first-order valence-electron chi connectivity index (χ1n) is 32.5. The standard InChI is InChI=1S/C17H19BN2O4.C17H21BN2O2.C11H7BrN2O2.C6H3BrINO2.C5H4N.C4H4BrNS.3C4H9.Sn/c1-16(2)17(3,4)24-18(23-16)12-8-9-13(15(11-12)20(21)22)14-7-5-6-10-19-14;1-16(2)17(3,4)22-18(21-16)12-8-9-13(14(19)11-12)15-7-5-6-10-20-15;12-8-4-5-9(11(7-8)14(15)16)10-3-1-2-6-13-10;7-4-1-2-5(8)6(3-4)9(10)11;1-2-4-6-5-3-1;1-3-4(5)2-6-7-3;3*1-3-4-2;/h5-11H,1-4H3;5-11H,19H2,1-4H3;1-7H;1-3H;1-4H;2H,1H3;3*1,3-4H2,2H3;. The van der Waals surface area contributed by atoms with E-state index >= 15 is 0 Å². The molecule has 0 unspecified atom stereocenters. The zero-order valence-corrected chi connectivity index (χ0v) is 68.5. The van der Waals surface area contributed by atoms with E-state index in [1.54, 1.807) is 101 Å². The number of nitrogen functional groups attached to an aromatic ring is 1. The zero-order valence-electron chi connectivity index (χ0n) is 57.9. The van der Waals surface area contributed by atoms with Gasteiger partial charge in [-0.3, -0.25) is 45.3 Å². The van der Waals surface area contributed by atoms with Crippen molar-refractivity contribution in [3.8, 4) is 33.8 Å². The fraction of sp³-hybridized carbons (Fsp3) is 0.347. The van der Waals surface area contributed by atoms with Gasteiger partial charge in [0.05, 0.1) is 79.6 Å². The maximum absolute atomic E-state index is 11.5. The minimum atomic E-state index is -2.21. The Labute approximate surface area is 629 Å². The quantitative estimate of drug-likeness (QED) is 0.0275. The molecule has 27 heteroatoms. The number of rotatable bonds is 18. The molecular formula is C72H85B2Br3IN9O10SSn. The molecule has 0 saturated carbocycles. The van der Waals surface area contributed by atoms with Gasteiger partial charge in [-0.2, -0.15) is 4.37 Å². The van der Waals surface area contributed by atoms with E-state index in [0.717, 1.165) is 25.7 Å². The van der Waals surface area contributed by atoms with Gasteiger partial charge in [0, 0.05) is 61.9 Å². The summed E-state index contributed by atoms with van der Waals surface area (Å²) in [7, 11) is -1.03. The van der Waals surface area contributed by atoms with Gasteiger partial charge in [-0.05, 0) is 196 Å². The maximum Gasteiger partial charge on any atom is 0.283 e. The molecule has 0 bridgehead atoms. The van der Waals surface area contributed by atoms with E-state index in [-0.39, 0.29) is 28.3 Å². The van der Waals surface area contributed by atoms with Crippen LogP contribution in [0.5, 0.6) is 0 Å². The van der Waals surface area contributed by atoms with Crippen LogP contribution in [0.2, 0.25) is 13.3 Å². The third kappa shape index (κ3) is 23.3. The van der Waals surface area contributed by atoms with Crippen molar-refractivity contribution in [3.05, 3.63) is 229 Å². The molecule has 9 aromatic rings. The number of nitro groups is 3. The number of nitro benzene ring substituents is 3. The Morgan fingerprint density at radius 3 is 1.22 bits per heavy atom. The normalized spacial score (nSPS) is 14.4. The fourth-order valence-electron chi connectivity index (χ4n) is 10.3. The van der Waals surface area contributed by atoms with E-state index in [1.165, 1.54) is 86.4 Å². The Balaban J connectivity index is 0.000000193. The molecule has 2 aliphatic heterocycles. The van der Waals surface area contributed by atoms with E-state index in [1.807, 2.05) is 127 Å². The second-order valence-corrected chi connectivity index (χ2v) is 43.4. The zero-order chi connectivity index (χ0) is 72.7. The molecule has 2 N–H and O–H groups in total. The summed E-state index contributed by atoms with van der Waals surface area (Å²) in [6.45, 7) is 25.0. The average molecular weight is 1780 g/mol. The van der Waals surface area contributed by atoms with Crippen LogP contribution in [0.25, 0.3) is 33.8 Å². The molecule has 0 radical (unpaired) electrons. The van der Waals surface area contributed by atoms with Crippen LogP contribution in [0, 0.1) is 40.8 Å². The van der Waals surface area contributed by atoms with Crippen LogP contribution in [0.15, 0.2) is 190 Å². The number of nitrogens with zero attached hydrogens (tertiary/aromatic N) is 8. The Kier molecular flexibility index (Phi) is 31.8. The monoisotopic (exact) mass is 1770 g/mol. The van der Waals surface area contributed by atoms with Gasteiger partial charge in [0.25, 0.3) is 17.1 Å². The molecule has 2 fully saturated rings. The summed E-state index contributed by atoms with van der Waals surface area (Å²) >= 11 is 10.9. The molecule has 19 nitrogen and oxygen atoms in total. The molecular weight excluding hydrogens is 1690 g/mol. The number of aromatic nitrogens is 5. The van der Waals surface area contributed by atoms with Gasteiger partial charge in [-0.25, -0.2) is 0 Å². The average Bonchev–Trinajstić information content (AvgIpc) is 1.65. The third-order valence-electron chi connectivity index (χ3n) is 17.4. The summed E-state index contributed by atoms with van der Waals surface area (Å²) in [5.41, 5.74) is 10.8. The van der Waals surface area contributed by atoms with E-state index in [2.05, 4.69) is 106 Å². The smallest absolute Gasteiger partial charge is 0.258 e. The first-order valence-corrected chi connectivity index (χ1v) is 44.3. The van der Waals surface area contributed by atoms with Gasteiger partial charge in [-0.1, -0.05) is 68.3 Å². The molecule has 522 valence electrons. The molecule has 0 aliphatic carbocycles. The summed E-state index contributed by atoms with van der Waals surface area (Å²) in [5.74, 6) is 0. The van der Waals surface area contributed by atoms with Gasteiger partial charge in [-0.15, -0.1) is 0 Å². The second-order valence-electron chi connectivity index (χ2n) is 25.5. The Morgan fingerprint density at radius 2 is 0.879 bits per heavy atom. The largest absolute Gasteiger partial charge is 0.283 e. The van der Waals surface area contributed by atoms with Crippen molar-refractivity contribution >= 4 is 152 Å². The SMILES string of the molecule is CC1(C)OB(c2ccc(-c3ccccn3)c(N)c2)OC1(C)C.CC1(C)OB(c2ccc(-c3ccccn3)c([N+](=O)[O-])c2)OC1(C)C.CCC[CH2][Sn]([CH2]CCC)([CH2]CCC)[c]1ccccn1.Cc1sncc1Br.O=[N+]([O-])c1cc(Br)ccc1-c1ccccn1.O=[N+]([O-])c1cc(Br)ccc1I. The Bertz CT molecular complexity index is 4020. The first-order chi connectivity index (χ1) is 46.9. The molecule has 5 aromatic heterocycles. The number of benzene rings is 4. The molecule has 0 spiro atoms. The Hall–Kier alpha value is -5.95. The van der Waals surface area contributed by atoms with Crippen LogP contribution in [-0.4, -0.2) is 94.1 Å². The van der Waals surface area contributed by atoms with E-state index in [4.69, 9.17) is 29.3 Å². The van der Waals surface area contributed by atoms with Gasteiger partial charge >= 0.3 is 138 Å². The van der Waals surface area contributed by atoms with Crippen molar-refractivity contribution in [3.63, 3.8) is 0 Å². The molecule has 7 heterocycles. The number of unbranched alkanes of at least 4 members (excludes halogenated alkanes) is 3. The third-order valence-corrected chi connectivity index (χ3v) is 36.2. The minimum Gasteiger partial charge on any atom is -0.258 e. The van der Waals surface area contributed by atoms with Gasteiger partial charge < -0.3 is 24.4 Å². The van der Waals surface area contributed by atoms with Gasteiger partial charge in [0.1, 0.15) is 0 Å². The number of hydrogen-bond acceptors (Lipinski definition) is 17. The minimum absolute atomic E-state index is 0.0130. The van der Waals surface area contributed by atoms with E-state index in [9.17, 15) is 30.3 Å². The van der Waals surface area contributed by atoms with Crippen molar-refractivity contribution in [1.29, 1.82) is 0 Å². The van der Waals surface area contributed by atoms with Crippen molar-refractivity contribution in [1.82, 2.24) is 24.3 Å². The van der Waals surface area contributed by atoms with Crippen molar-refractivity contribution in [2.75, 3.05) is 5.73 Å². The predicted octanol–water partition coefficient (Wildman–Crippen LogP) is 19.3. The number of pyridine rings is 4. The number of anilines is 1. The van der Waals surface area contributed by atoms with Gasteiger partial charge in [0.15, 0.2) is 0 Å². The number of hydrogen-bond donors (Lipinski definition) is 1. The number of nitrogens with two attached hydrogens (primary N) is 1. The second kappa shape index (κ2) is 38.4. The van der Waals surface area contributed by atoms with Crippen LogP contribution < -0.4 is 20.4 Å². The summed E-state index contributed by atoms with van der Waals surface area (Å²) in [6.07, 6.45) is 17.1. The van der Waals surface area contributed by atoms with Crippen LogP contribution in [-0.2, 0) is 18.6 Å². The molecule has 2 saturated heterocycles. The van der Waals surface area contributed by atoms with Crippen LogP contribution in [0.4, 0.5) is 22.7 Å². The molecule has 11 rings (SSSR count). The number of aryl methyl sites for hydroxylation is 1. The van der Waals surface area contributed by atoms with Crippen LogP contribution in [0.1, 0.15) is 120 Å². The topological polar surface area (TPSA) is 257 Å². The fourth-order valence-corrected chi connectivity index (χ4v) is 27.9. The van der Waals surface area contributed by atoms with E-state index < -0.39 is 58.6 Å². The van der Waals surface area contributed by atoms with Crippen LogP contribution >= 0.6 is 81.9 Å². The molecule has 0 amide bonds.